The first kappa shape index (κ1) is 20.3. The van der Waals surface area contributed by atoms with Gasteiger partial charge in [-0.25, -0.2) is 0 Å². The van der Waals surface area contributed by atoms with E-state index in [2.05, 4.69) is 24.5 Å². The highest BCUT2D eigenvalue weighted by molar-refractivity contribution is 6.71. The average Bonchev–Trinajstić information content (AvgIpc) is 2.69. The van der Waals surface area contributed by atoms with Gasteiger partial charge in [-0.2, -0.15) is 0 Å². The molecule has 2 saturated heterocycles. The molecule has 5 heteroatoms. The molecular formula is C22H42N2O2Si. The van der Waals surface area contributed by atoms with Crippen molar-refractivity contribution in [1.82, 2.24) is 10.6 Å². The van der Waals surface area contributed by atoms with Crippen molar-refractivity contribution in [1.29, 1.82) is 0 Å². The summed E-state index contributed by atoms with van der Waals surface area (Å²) in [5.74, 6) is 5.00. The van der Waals surface area contributed by atoms with Gasteiger partial charge < -0.3 is 19.5 Å². The van der Waals surface area contributed by atoms with E-state index in [1.807, 2.05) is 14.2 Å². The third kappa shape index (κ3) is 3.68. The highest BCUT2D eigenvalue weighted by Crippen LogP contribution is 2.46. The summed E-state index contributed by atoms with van der Waals surface area (Å²) in [6, 6.07) is 0. The molecule has 0 spiro atoms. The zero-order valence-electron chi connectivity index (χ0n) is 18.0. The lowest BCUT2D eigenvalue weighted by molar-refractivity contribution is 0.0690. The predicted octanol–water partition coefficient (Wildman–Crippen LogP) is 3.63. The van der Waals surface area contributed by atoms with Crippen molar-refractivity contribution in [3.63, 3.8) is 0 Å². The standard InChI is InChI=1S/C22H42N2O2Si/c1-15-5-7-19-17(13-15)9-11-23-21(19)27(25-3,26-4)22-20-8-6-16(2)14-18(20)10-12-24-22/h15-24H,5-14H2,1-4H3. The number of hydrogen-bond acceptors (Lipinski definition) is 4. The first-order valence-corrected chi connectivity index (χ1v) is 13.6. The second kappa shape index (κ2) is 8.43. The Kier molecular flexibility index (Phi) is 6.35. The van der Waals surface area contributed by atoms with Crippen molar-refractivity contribution < 1.29 is 8.85 Å². The van der Waals surface area contributed by atoms with Gasteiger partial charge >= 0.3 is 8.56 Å². The number of rotatable bonds is 4. The molecular weight excluding hydrogens is 352 g/mol. The fourth-order valence-electron chi connectivity index (χ4n) is 7.40. The van der Waals surface area contributed by atoms with Gasteiger partial charge in [0.15, 0.2) is 0 Å². The van der Waals surface area contributed by atoms with Gasteiger partial charge in [-0.05, 0) is 87.1 Å². The maximum absolute atomic E-state index is 6.51. The molecule has 2 aliphatic carbocycles. The summed E-state index contributed by atoms with van der Waals surface area (Å²) >= 11 is 0. The topological polar surface area (TPSA) is 42.5 Å². The molecule has 0 radical (unpaired) electrons. The van der Waals surface area contributed by atoms with Crippen LogP contribution in [0.3, 0.4) is 0 Å². The van der Waals surface area contributed by atoms with Gasteiger partial charge in [0.05, 0.1) is 11.3 Å². The van der Waals surface area contributed by atoms with Crippen LogP contribution in [0, 0.1) is 35.5 Å². The van der Waals surface area contributed by atoms with Gasteiger partial charge in [0, 0.05) is 14.2 Å². The second-order valence-corrected chi connectivity index (χ2v) is 13.8. The van der Waals surface area contributed by atoms with Gasteiger partial charge in [-0.3, -0.25) is 0 Å². The quantitative estimate of drug-likeness (QED) is 0.715. The van der Waals surface area contributed by atoms with Crippen LogP contribution in [0.5, 0.6) is 0 Å². The van der Waals surface area contributed by atoms with Crippen molar-refractivity contribution in [3.05, 3.63) is 0 Å². The van der Waals surface area contributed by atoms with E-state index >= 15 is 0 Å². The molecule has 0 aromatic carbocycles. The van der Waals surface area contributed by atoms with Crippen LogP contribution in [0.4, 0.5) is 0 Å². The molecule has 2 saturated carbocycles. The number of hydrogen-bond donors (Lipinski definition) is 2. The summed E-state index contributed by atoms with van der Waals surface area (Å²) in [6.45, 7) is 7.16. The van der Waals surface area contributed by atoms with Gasteiger partial charge in [0.1, 0.15) is 0 Å². The molecule has 8 unspecified atom stereocenters. The Balaban J connectivity index is 1.61. The summed E-state index contributed by atoms with van der Waals surface area (Å²) in [5.41, 5.74) is 0.878. The third-order valence-electron chi connectivity index (χ3n) is 8.73. The SMILES string of the molecule is CO[Si](OC)(C1NCCC2CC(C)CCC21)C1NCCC2CC(C)CCC21. The molecule has 4 aliphatic rings. The smallest absolute Gasteiger partial charge is 0.373 e. The van der Waals surface area contributed by atoms with Gasteiger partial charge in [-0.15, -0.1) is 0 Å². The van der Waals surface area contributed by atoms with E-state index in [0.717, 1.165) is 48.6 Å². The van der Waals surface area contributed by atoms with Crippen molar-refractivity contribution in [3.8, 4) is 0 Å². The molecule has 27 heavy (non-hydrogen) atoms. The molecule has 4 nitrogen and oxygen atoms in total. The van der Waals surface area contributed by atoms with Gasteiger partial charge in [0.2, 0.25) is 0 Å². The maximum atomic E-state index is 6.51. The lowest BCUT2D eigenvalue weighted by Crippen LogP contribution is -2.76. The molecule has 4 rings (SSSR count). The van der Waals surface area contributed by atoms with E-state index in [4.69, 9.17) is 8.85 Å². The summed E-state index contributed by atoms with van der Waals surface area (Å²) in [6.07, 6.45) is 10.9. The van der Waals surface area contributed by atoms with E-state index in [0.29, 0.717) is 11.3 Å². The highest BCUT2D eigenvalue weighted by Gasteiger charge is 2.60. The van der Waals surface area contributed by atoms with Crippen molar-refractivity contribution in [2.45, 2.75) is 76.5 Å². The summed E-state index contributed by atoms with van der Waals surface area (Å²) in [4.78, 5) is 0. The molecule has 0 aromatic heterocycles. The predicted molar refractivity (Wildman–Crippen MR) is 113 cm³/mol. The first-order valence-electron chi connectivity index (χ1n) is 11.7. The summed E-state index contributed by atoms with van der Waals surface area (Å²) < 4.78 is 13.0. The highest BCUT2D eigenvalue weighted by atomic mass is 28.4. The maximum Gasteiger partial charge on any atom is 0.373 e. The Morgan fingerprint density at radius 3 is 1.52 bits per heavy atom. The molecule has 8 atom stereocenters. The number of piperidine rings is 2. The Morgan fingerprint density at radius 1 is 0.667 bits per heavy atom. The second-order valence-electron chi connectivity index (χ2n) is 10.3. The fraction of sp³-hybridized carbons (Fsp3) is 1.00. The molecule has 156 valence electrons. The van der Waals surface area contributed by atoms with E-state index in [9.17, 15) is 0 Å². The normalized spacial score (nSPS) is 45.8. The van der Waals surface area contributed by atoms with E-state index < -0.39 is 8.56 Å². The molecule has 0 amide bonds. The van der Waals surface area contributed by atoms with E-state index in [1.165, 1.54) is 51.4 Å². The fourth-order valence-corrected chi connectivity index (χ4v) is 11.9. The van der Waals surface area contributed by atoms with Crippen LogP contribution in [0.15, 0.2) is 0 Å². The van der Waals surface area contributed by atoms with Crippen LogP contribution in [0.25, 0.3) is 0 Å². The van der Waals surface area contributed by atoms with Crippen LogP contribution < -0.4 is 10.6 Å². The minimum absolute atomic E-state index is 0.439. The van der Waals surface area contributed by atoms with Crippen LogP contribution in [-0.2, 0) is 8.85 Å². The minimum atomic E-state index is -2.42. The lowest BCUT2D eigenvalue weighted by Gasteiger charge is -2.55. The van der Waals surface area contributed by atoms with Crippen molar-refractivity contribution >= 4 is 8.56 Å². The molecule has 2 aliphatic heterocycles. The molecule has 4 fully saturated rings. The summed E-state index contributed by atoms with van der Waals surface area (Å²) in [7, 11) is 1.47. The van der Waals surface area contributed by atoms with Crippen LogP contribution in [-0.4, -0.2) is 47.2 Å². The van der Waals surface area contributed by atoms with Crippen molar-refractivity contribution in [2.24, 2.45) is 35.5 Å². The Hall–Kier alpha value is 0.0569. The van der Waals surface area contributed by atoms with Crippen molar-refractivity contribution in [2.75, 3.05) is 27.3 Å². The zero-order chi connectivity index (χ0) is 19.0. The Bertz CT molecular complexity index is 461. The van der Waals surface area contributed by atoms with Crippen LogP contribution >= 0.6 is 0 Å². The molecule has 2 N–H and O–H groups in total. The minimum Gasteiger partial charge on any atom is -0.396 e. The summed E-state index contributed by atoms with van der Waals surface area (Å²) in [5, 5.41) is 7.90. The van der Waals surface area contributed by atoms with Gasteiger partial charge in [0.25, 0.3) is 0 Å². The van der Waals surface area contributed by atoms with E-state index in [1.54, 1.807) is 0 Å². The first-order chi connectivity index (χ1) is 13.1. The molecule has 0 bridgehead atoms. The van der Waals surface area contributed by atoms with Gasteiger partial charge in [-0.1, -0.05) is 26.7 Å². The largest absolute Gasteiger partial charge is 0.396 e. The Labute approximate surface area is 167 Å². The van der Waals surface area contributed by atoms with Crippen LogP contribution in [0.1, 0.15) is 65.2 Å². The Morgan fingerprint density at radius 2 is 1.11 bits per heavy atom. The average molecular weight is 395 g/mol. The number of nitrogens with one attached hydrogen (secondary N) is 2. The van der Waals surface area contributed by atoms with Crippen LogP contribution in [0.2, 0.25) is 0 Å². The third-order valence-corrected chi connectivity index (χ3v) is 13.0. The number of fused-ring (bicyclic) bond motifs is 2. The zero-order valence-corrected chi connectivity index (χ0v) is 19.0. The molecule has 0 aromatic rings. The molecule has 2 heterocycles. The lowest BCUT2D eigenvalue weighted by atomic mass is 9.71. The van der Waals surface area contributed by atoms with E-state index in [-0.39, 0.29) is 0 Å². The monoisotopic (exact) mass is 394 g/mol.